The van der Waals surface area contributed by atoms with Gasteiger partial charge in [-0.3, -0.25) is 0 Å². The summed E-state index contributed by atoms with van der Waals surface area (Å²) in [6, 6.07) is 5.72. The molecule has 2 aromatic heterocycles. The Bertz CT molecular complexity index is 496. The number of hydrogen-bond donors (Lipinski definition) is 1. The molecule has 0 saturated heterocycles. The number of aromatic carboxylic acids is 1. The van der Waals surface area contributed by atoms with Crippen molar-refractivity contribution in [3.8, 4) is 10.6 Å². The summed E-state index contributed by atoms with van der Waals surface area (Å²) in [5, 5.41) is 10.5. The van der Waals surface area contributed by atoms with Crippen LogP contribution in [0.1, 0.15) is 10.5 Å². The molecule has 0 atom stereocenters. The van der Waals surface area contributed by atoms with E-state index in [4.69, 9.17) is 5.11 Å². The largest absolute Gasteiger partial charge is 0.477 e. The van der Waals surface area contributed by atoms with E-state index < -0.39 is 11.8 Å². The highest BCUT2D eigenvalue weighted by Crippen LogP contribution is 2.25. The first-order valence-corrected chi connectivity index (χ1v) is 5.00. The van der Waals surface area contributed by atoms with Crippen LogP contribution in [0.2, 0.25) is 0 Å². The molecule has 5 heteroatoms. The van der Waals surface area contributed by atoms with Crippen LogP contribution in [-0.2, 0) is 0 Å². The van der Waals surface area contributed by atoms with Crippen LogP contribution >= 0.6 is 11.3 Å². The Morgan fingerprint density at radius 1 is 1.40 bits per heavy atom. The van der Waals surface area contributed by atoms with Gasteiger partial charge >= 0.3 is 5.97 Å². The molecule has 2 heterocycles. The van der Waals surface area contributed by atoms with Crippen molar-refractivity contribution in [1.29, 1.82) is 0 Å². The maximum atomic E-state index is 13.3. The average molecular weight is 223 g/mol. The Morgan fingerprint density at radius 2 is 2.20 bits per heavy atom. The minimum atomic E-state index is -1.16. The molecule has 0 amide bonds. The van der Waals surface area contributed by atoms with E-state index in [1.807, 2.05) is 0 Å². The second kappa shape index (κ2) is 3.78. The van der Waals surface area contributed by atoms with Gasteiger partial charge in [0.2, 0.25) is 0 Å². The molecule has 15 heavy (non-hydrogen) atoms. The summed E-state index contributed by atoms with van der Waals surface area (Å²) < 4.78 is 13.3. The van der Waals surface area contributed by atoms with Gasteiger partial charge in [-0.1, -0.05) is 6.07 Å². The highest BCUT2D eigenvalue weighted by Gasteiger charge is 2.12. The van der Waals surface area contributed by atoms with Crippen LogP contribution in [0, 0.1) is 5.82 Å². The fourth-order valence-electron chi connectivity index (χ4n) is 1.15. The average Bonchev–Trinajstić information content (AvgIpc) is 2.71. The van der Waals surface area contributed by atoms with Gasteiger partial charge in [0.05, 0.1) is 4.88 Å². The predicted octanol–water partition coefficient (Wildman–Crippen LogP) is 2.65. The van der Waals surface area contributed by atoms with Gasteiger partial charge in [0, 0.05) is 0 Å². The third-order valence-corrected chi connectivity index (χ3v) is 2.70. The van der Waals surface area contributed by atoms with Crippen molar-refractivity contribution < 1.29 is 14.3 Å². The molecule has 3 nitrogen and oxygen atoms in total. The monoisotopic (exact) mass is 223 g/mol. The summed E-state index contributed by atoms with van der Waals surface area (Å²) in [5.74, 6) is -1.67. The second-order valence-corrected chi connectivity index (χ2v) is 3.76. The van der Waals surface area contributed by atoms with E-state index in [0.29, 0.717) is 4.88 Å². The van der Waals surface area contributed by atoms with Gasteiger partial charge in [-0.25, -0.2) is 14.2 Å². The van der Waals surface area contributed by atoms with E-state index in [-0.39, 0.29) is 11.4 Å². The van der Waals surface area contributed by atoms with Crippen molar-refractivity contribution >= 4 is 17.3 Å². The Balaban J connectivity index is 2.55. The molecule has 0 aliphatic rings. The molecule has 0 spiro atoms. The summed E-state index contributed by atoms with van der Waals surface area (Å²) >= 11 is 1.32. The van der Waals surface area contributed by atoms with Crippen LogP contribution in [0.15, 0.2) is 29.6 Å². The Kier molecular flexibility index (Phi) is 2.47. The summed E-state index contributed by atoms with van der Waals surface area (Å²) in [7, 11) is 0. The van der Waals surface area contributed by atoms with Crippen molar-refractivity contribution in [2.45, 2.75) is 0 Å². The first-order valence-electron chi connectivity index (χ1n) is 4.12. The molecule has 0 aliphatic heterocycles. The summed E-state index contributed by atoms with van der Waals surface area (Å²) in [6.07, 6.45) is 0. The zero-order chi connectivity index (χ0) is 10.8. The lowest BCUT2D eigenvalue weighted by Gasteiger charge is -2.00. The molecule has 0 fully saturated rings. The van der Waals surface area contributed by atoms with Gasteiger partial charge in [-0.05, 0) is 23.6 Å². The van der Waals surface area contributed by atoms with Crippen molar-refractivity contribution in [1.82, 2.24) is 4.98 Å². The third kappa shape index (κ3) is 1.87. The lowest BCUT2D eigenvalue weighted by Crippen LogP contribution is -2.02. The highest BCUT2D eigenvalue weighted by molar-refractivity contribution is 7.13. The van der Waals surface area contributed by atoms with E-state index in [0.717, 1.165) is 12.1 Å². The first kappa shape index (κ1) is 9.79. The number of hydrogen-bond acceptors (Lipinski definition) is 3. The van der Waals surface area contributed by atoms with Crippen LogP contribution < -0.4 is 0 Å². The van der Waals surface area contributed by atoms with E-state index >= 15 is 0 Å². The molecule has 76 valence electrons. The highest BCUT2D eigenvalue weighted by atomic mass is 32.1. The number of carboxylic acids is 1. The molecule has 2 rings (SSSR count). The van der Waals surface area contributed by atoms with E-state index in [2.05, 4.69) is 4.98 Å². The molecule has 0 unspecified atom stereocenters. The number of nitrogens with zero attached hydrogens (tertiary/aromatic N) is 1. The van der Waals surface area contributed by atoms with Crippen molar-refractivity contribution in [2.75, 3.05) is 0 Å². The summed E-state index contributed by atoms with van der Waals surface area (Å²) in [6.45, 7) is 0. The normalized spacial score (nSPS) is 10.2. The molecule has 0 saturated carbocycles. The predicted molar refractivity (Wildman–Crippen MR) is 54.5 cm³/mol. The number of pyridine rings is 1. The number of carboxylic acid groups (broad SMARTS) is 1. The molecule has 0 bridgehead atoms. The smallest absolute Gasteiger partial charge is 0.354 e. The number of carbonyl (C=O) groups is 1. The van der Waals surface area contributed by atoms with Crippen LogP contribution in [0.3, 0.4) is 0 Å². The van der Waals surface area contributed by atoms with Crippen LogP contribution in [0.25, 0.3) is 10.6 Å². The zero-order valence-corrected chi connectivity index (χ0v) is 8.29. The molecule has 0 radical (unpaired) electrons. The fraction of sp³-hybridized carbons (Fsp3) is 0. The molecular weight excluding hydrogens is 217 g/mol. The van der Waals surface area contributed by atoms with Gasteiger partial charge < -0.3 is 5.11 Å². The second-order valence-electron chi connectivity index (χ2n) is 2.81. The van der Waals surface area contributed by atoms with E-state index in [1.54, 1.807) is 17.5 Å². The molecule has 0 aliphatic carbocycles. The summed E-state index contributed by atoms with van der Waals surface area (Å²) in [5.41, 5.74) is -0.0651. The quantitative estimate of drug-likeness (QED) is 0.851. The Hall–Kier alpha value is -1.75. The minimum Gasteiger partial charge on any atom is -0.477 e. The van der Waals surface area contributed by atoms with Crippen molar-refractivity contribution in [3.63, 3.8) is 0 Å². The SMILES string of the molecule is O=C(O)c1ccc(F)c(-c2cccs2)n1. The Labute approximate surface area is 88.8 Å². The van der Waals surface area contributed by atoms with Crippen molar-refractivity contribution in [2.24, 2.45) is 0 Å². The van der Waals surface area contributed by atoms with Gasteiger partial charge in [-0.2, -0.15) is 0 Å². The van der Waals surface area contributed by atoms with Gasteiger partial charge in [0.25, 0.3) is 0 Å². The first-order chi connectivity index (χ1) is 7.18. The number of thiophene rings is 1. The molecule has 0 aromatic carbocycles. The maximum absolute atomic E-state index is 13.3. The van der Waals surface area contributed by atoms with E-state index in [1.165, 1.54) is 11.3 Å². The van der Waals surface area contributed by atoms with E-state index in [9.17, 15) is 9.18 Å². The van der Waals surface area contributed by atoms with Crippen LogP contribution in [0.4, 0.5) is 4.39 Å². The minimum absolute atomic E-state index is 0.0879. The third-order valence-electron chi connectivity index (χ3n) is 1.82. The topological polar surface area (TPSA) is 50.2 Å². The molecule has 1 N–H and O–H groups in total. The lowest BCUT2D eigenvalue weighted by atomic mass is 10.2. The lowest BCUT2D eigenvalue weighted by molar-refractivity contribution is 0.0690. The molecule has 2 aromatic rings. The van der Waals surface area contributed by atoms with Gasteiger partial charge in [-0.15, -0.1) is 11.3 Å². The Morgan fingerprint density at radius 3 is 2.80 bits per heavy atom. The maximum Gasteiger partial charge on any atom is 0.354 e. The standard InChI is InChI=1S/C10H6FNO2S/c11-6-3-4-7(10(13)14)12-9(6)8-2-1-5-15-8/h1-5H,(H,13,14). The fourth-order valence-corrected chi connectivity index (χ4v) is 1.86. The molecular formula is C10H6FNO2S. The number of halogens is 1. The van der Waals surface area contributed by atoms with Crippen molar-refractivity contribution in [3.05, 3.63) is 41.2 Å². The van der Waals surface area contributed by atoms with Crippen LogP contribution in [-0.4, -0.2) is 16.1 Å². The summed E-state index contributed by atoms with van der Waals surface area (Å²) in [4.78, 5) is 15.0. The van der Waals surface area contributed by atoms with Gasteiger partial charge in [0.15, 0.2) is 0 Å². The zero-order valence-electron chi connectivity index (χ0n) is 7.48. The van der Waals surface area contributed by atoms with Crippen LogP contribution in [0.5, 0.6) is 0 Å². The van der Waals surface area contributed by atoms with Gasteiger partial charge in [0.1, 0.15) is 17.2 Å². The number of rotatable bonds is 2. The number of aromatic nitrogens is 1.